The lowest BCUT2D eigenvalue weighted by molar-refractivity contribution is -0.134. The molecule has 0 atom stereocenters. The maximum atomic E-state index is 14.9. The average Bonchev–Trinajstić information content (AvgIpc) is 3.09. The highest BCUT2D eigenvalue weighted by atomic mass is 19.1. The summed E-state index contributed by atoms with van der Waals surface area (Å²) in [4.78, 5) is 48.7. The second-order valence-corrected chi connectivity index (χ2v) is 12.4. The maximum Gasteiger partial charge on any atom is 0.256 e. The average molecular weight is 632 g/mol. The zero-order chi connectivity index (χ0) is 32.5. The van der Waals surface area contributed by atoms with Crippen LogP contribution >= 0.6 is 0 Å². The summed E-state index contributed by atoms with van der Waals surface area (Å²) in [6.45, 7) is 12.9. The number of nitrogens with zero attached hydrogens (tertiary/aromatic N) is 6. The number of rotatable bonds is 11. The Morgan fingerprint density at radius 1 is 0.913 bits per heavy atom. The van der Waals surface area contributed by atoms with Crippen molar-refractivity contribution in [2.75, 3.05) is 85.6 Å². The molecule has 0 saturated carbocycles. The van der Waals surface area contributed by atoms with Crippen molar-refractivity contribution in [3.63, 3.8) is 0 Å². The van der Waals surface area contributed by atoms with Gasteiger partial charge in [0.25, 0.3) is 5.91 Å². The summed E-state index contributed by atoms with van der Waals surface area (Å²) in [5, 5.41) is 4.36. The Morgan fingerprint density at radius 3 is 2.26 bits per heavy atom. The predicted octanol–water partition coefficient (Wildman–Crippen LogP) is 2.56. The molecule has 0 spiro atoms. The second kappa shape index (κ2) is 16.0. The van der Waals surface area contributed by atoms with Crippen LogP contribution in [0.1, 0.15) is 44.7 Å². The number of nitrogens with one attached hydrogen (secondary N) is 1. The molecule has 2 aromatic rings. The number of carbonyl (C=O) groups is 3. The fourth-order valence-corrected chi connectivity index (χ4v) is 6.67. The van der Waals surface area contributed by atoms with Gasteiger partial charge >= 0.3 is 0 Å². The van der Waals surface area contributed by atoms with Crippen molar-refractivity contribution in [2.24, 2.45) is 11.0 Å². The molecule has 3 aliphatic heterocycles. The molecule has 2 amide bonds. The highest BCUT2D eigenvalue weighted by Crippen LogP contribution is 2.20. The van der Waals surface area contributed by atoms with Crippen molar-refractivity contribution >= 4 is 23.8 Å². The maximum absolute atomic E-state index is 14.9. The number of likely N-dealkylation sites (tertiary alicyclic amines) is 1. The van der Waals surface area contributed by atoms with Crippen LogP contribution in [0.15, 0.2) is 60.3 Å². The van der Waals surface area contributed by atoms with E-state index in [2.05, 4.69) is 31.8 Å². The lowest BCUT2D eigenvalue weighted by Crippen LogP contribution is -2.55. The Balaban J connectivity index is 1.10. The van der Waals surface area contributed by atoms with Crippen LogP contribution in [0.5, 0.6) is 0 Å². The third-order valence-electron chi connectivity index (χ3n) is 9.45. The van der Waals surface area contributed by atoms with E-state index in [9.17, 15) is 18.8 Å². The Bertz CT molecular complexity index is 1410. The monoisotopic (exact) mass is 631 g/mol. The molecule has 3 fully saturated rings. The van der Waals surface area contributed by atoms with Gasteiger partial charge in [-0.3, -0.25) is 19.3 Å². The predicted molar refractivity (Wildman–Crippen MR) is 177 cm³/mol. The molecule has 3 heterocycles. The van der Waals surface area contributed by atoms with Crippen molar-refractivity contribution < 1.29 is 18.8 Å². The van der Waals surface area contributed by atoms with Gasteiger partial charge in [0, 0.05) is 96.6 Å². The van der Waals surface area contributed by atoms with Gasteiger partial charge in [-0.15, -0.1) is 0 Å². The van der Waals surface area contributed by atoms with E-state index >= 15 is 0 Å². The molecule has 0 unspecified atom stereocenters. The molecule has 0 radical (unpaired) electrons. The third-order valence-corrected chi connectivity index (χ3v) is 9.45. The first-order valence-corrected chi connectivity index (χ1v) is 16.3. The molecule has 5 rings (SSSR count). The van der Waals surface area contributed by atoms with Crippen LogP contribution in [0.4, 0.5) is 4.39 Å². The van der Waals surface area contributed by atoms with E-state index in [4.69, 9.17) is 0 Å². The number of piperidine rings is 1. The topological polar surface area (TPSA) is 91.8 Å². The van der Waals surface area contributed by atoms with Crippen molar-refractivity contribution in [1.29, 1.82) is 0 Å². The van der Waals surface area contributed by atoms with Crippen LogP contribution < -0.4 is 5.43 Å². The number of amides is 2. The second-order valence-electron chi connectivity index (χ2n) is 12.4. The molecule has 1 N–H and O–H groups in total. The van der Waals surface area contributed by atoms with E-state index in [1.165, 1.54) is 18.9 Å². The molecule has 46 heavy (non-hydrogen) atoms. The Morgan fingerprint density at radius 2 is 1.59 bits per heavy atom. The summed E-state index contributed by atoms with van der Waals surface area (Å²) in [7, 11) is 1.67. The van der Waals surface area contributed by atoms with Gasteiger partial charge in [0.15, 0.2) is 6.29 Å². The lowest BCUT2D eigenvalue weighted by Gasteiger charge is -2.39. The van der Waals surface area contributed by atoms with E-state index in [1.807, 2.05) is 23.2 Å². The smallest absolute Gasteiger partial charge is 0.256 e. The molecule has 10 nitrogen and oxygen atoms in total. The molecular weight excluding hydrogens is 585 g/mol. The van der Waals surface area contributed by atoms with Crippen LogP contribution in [-0.4, -0.2) is 134 Å². The number of carbonyl (C=O) groups excluding carboxylic acids is 3. The summed E-state index contributed by atoms with van der Waals surface area (Å²) >= 11 is 0. The lowest BCUT2D eigenvalue weighted by atomic mass is 9.96. The molecule has 3 saturated heterocycles. The van der Waals surface area contributed by atoms with Crippen LogP contribution in [0.2, 0.25) is 0 Å². The van der Waals surface area contributed by atoms with E-state index in [0.29, 0.717) is 61.5 Å². The molecule has 0 aromatic heterocycles. The summed E-state index contributed by atoms with van der Waals surface area (Å²) < 4.78 is 14.9. The number of piperazine rings is 2. The van der Waals surface area contributed by atoms with Gasteiger partial charge in [0.1, 0.15) is 5.82 Å². The van der Waals surface area contributed by atoms with Crippen molar-refractivity contribution in [3.05, 3.63) is 83.3 Å². The molecule has 0 aliphatic carbocycles. The van der Waals surface area contributed by atoms with E-state index < -0.39 is 11.7 Å². The highest BCUT2D eigenvalue weighted by molar-refractivity contribution is 6.07. The van der Waals surface area contributed by atoms with Crippen LogP contribution in [0.3, 0.4) is 0 Å². The minimum Gasteiger partial charge on any atom is -0.378 e. The molecule has 0 bridgehead atoms. The first-order valence-electron chi connectivity index (χ1n) is 16.3. The van der Waals surface area contributed by atoms with Gasteiger partial charge in [-0.25, -0.2) is 4.39 Å². The minimum absolute atomic E-state index is 0.00566. The fraction of sp³-hybridized carbons (Fsp3) is 0.486. The summed E-state index contributed by atoms with van der Waals surface area (Å²) in [6.07, 6.45) is 5.45. The number of benzene rings is 2. The largest absolute Gasteiger partial charge is 0.378 e. The Labute approximate surface area is 271 Å². The quantitative estimate of drug-likeness (QED) is 0.232. The van der Waals surface area contributed by atoms with Crippen molar-refractivity contribution in [1.82, 2.24) is 29.9 Å². The number of hydrogen-bond donors (Lipinski definition) is 1. The fourth-order valence-electron chi connectivity index (χ4n) is 6.67. The van der Waals surface area contributed by atoms with Crippen molar-refractivity contribution in [3.8, 4) is 0 Å². The van der Waals surface area contributed by atoms with Gasteiger partial charge in [-0.1, -0.05) is 36.9 Å². The highest BCUT2D eigenvalue weighted by Gasteiger charge is 2.29. The van der Waals surface area contributed by atoms with E-state index in [1.54, 1.807) is 36.2 Å². The normalized spacial score (nSPS) is 18.8. The molecule has 2 aromatic carbocycles. The van der Waals surface area contributed by atoms with Gasteiger partial charge < -0.3 is 25.0 Å². The third kappa shape index (κ3) is 8.38. The number of hydrogen-bond acceptors (Lipinski definition) is 8. The van der Waals surface area contributed by atoms with Crippen LogP contribution in [0, 0.1) is 11.7 Å². The van der Waals surface area contributed by atoms with E-state index in [0.717, 1.165) is 58.0 Å². The van der Waals surface area contributed by atoms with Crippen molar-refractivity contribution in [2.45, 2.75) is 19.3 Å². The molecule has 246 valence electrons. The first-order chi connectivity index (χ1) is 22.4. The molecule has 3 aliphatic rings. The number of hydrazone groups is 1. The SMILES string of the molecule is C=CN1CCC(CN2CCN(CC(=O)N3CCN(C(=O)c4cc(C/C(=N/NC)c5ccccc5C=O)ccc4F)CC3)CC2)CC1. The minimum atomic E-state index is -0.589. The summed E-state index contributed by atoms with van der Waals surface area (Å²) in [5.74, 6) is -0.167. The van der Waals surface area contributed by atoms with Crippen LogP contribution in [-0.2, 0) is 11.2 Å². The zero-order valence-corrected chi connectivity index (χ0v) is 26.9. The zero-order valence-electron chi connectivity index (χ0n) is 26.9. The Hall–Kier alpha value is -4.09. The summed E-state index contributed by atoms with van der Waals surface area (Å²) in [5.41, 5.74) is 5.25. The number of aldehydes is 1. The van der Waals surface area contributed by atoms with Gasteiger partial charge in [0.05, 0.1) is 17.8 Å². The van der Waals surface area contributed by atoms with Gasteiger partial charge in [-0.2, -0.15) is 5.10 Å². The number of halogens is 1. The summed E-state index contributed by atoms with van der Waals surface area (Å²) in [6, 6.07) is 11.6. The van der Waals surface area contributed by atoms with Gasteiger partial charge in [-0.05, 0) is 42.7 Å². The standard InChI is InChI=1S/C35H46FN7O3/c1-3-39-12-10-27(11-13-39)24-40-14-16-41(17-15-40)25-34(45)42-18-20-43(21-19-42)35(46)31-22-28(8-9-32(31)36)23-33(38-37-2)30-7-5-4-6-29(30)26-44/h3-9,22,26-27,37H,1,10-21,23-25H2,2H3/b38-33-. The first kappa shape index (κ1) is 33.3. The van der Waals surface area contributed by atoms with Crippen LogP contribution in [0.25, 0.3) is 0 Å². The molecular formula is C35H46FN7O3. The molecule has 11 heteroatoms. The van der Waals surface area contributed by atoms with Gasteiger partial charge in [0.2, 0.25) is 5.91 Å². The van der Waals surface area contributed by atoms with E-state index in [-0.39, 0.29) is 11.5 Å². The Kier molecular flexibility index (Phi) is 11.5.